The Hall–Kier alpha value is -1.91. The molecular formula is C9H8N2O3. The van der Waals surface area contributed by atoms with Crippen LogP contribution in [0, 0.1) is 10.1 Å². The van der Waals surface area contributed by atoms with Crippen molar-refractivity contribution in [2.24, 2.45) is 0 Å². The lowest BCUT2D eigenvalue weighted by molar-refractivity contribution is -0.385. The zero-order valence-corrected chi connectivity index (χ0v) is 7.32. The van der Waals surface area contributed by atoms with Crippen molar-refractivity contribution in [2.45, 2.75) is 13.0 Å². The van der Waals surface area contributed by atoms with Gasteiger partial charge in [0.2, 0.25) is 5.91 Å². The van der Waals surface area contributed by atoms with E-state index in [1.807, 2.05) is 0 Å². The molecule has 0 bridgehead atoms. The highest BCUT2D eigenvalue weighted by molar-refractivity contribution is 5.81. The Balaban J connectivity index is 2.52. The fourth-order valence-corrected chi connectivity index (χ4v) is 1.58. The Bertz CT molecular complexity index is 415. The second kappa shape index (κ2) is 3.10. The van der Waals surface area contributed by atoms with Gasteiger partial charge in [-0.3, -0.25) is 14.9 Å². The molecule has 0 fully saturated rings. The molecule has 14 heavy (non-hydrogen) atoms. The van der Waals surface area contributed by atoms with Crippen LogP contribution in [0.1, 0.15) is 11.1 Å². The molecule has 5 nitrogen and oxygen atoms in total. The van der Waals surface area contributed by atoms with Gasteiger partial charge in [0.25, 0.3) is 5.69 Å². The molecule has 1 amide bonds. The van der Waals surface area contributed by atoms with Gasteiger partial charge in [-0.1, -0.05) is 12.1 Å². The van der Waals surface area contributed by atoms with E-state index in [4.69, 9.17) is 0 Å². The van der Waals surface area contributed by atoms with E-state index >= 15 is 0 Å². The molecule has 1 N–H and O–H groups in total. The first kappa shape index (κ1) is 8.68. The van der Waals surface area contributed by atoms with Crippen LogP contribution in [0.15, 0.2) is 18.2 Å². The third-order valence-electron chi connectivity index (χ3n) is 2.26. The monoisotopic (exact) mass is 192 g/mol. The summed E-state index contributed by atoms with van der Waals surface area (Å²) in [6, 6.07) is 4.81. The number of fused-ring (bicyclic) bond motifs is 1. The van der Waals surface area contributed by atoms with Crippen molar-refractivity contribution in [3.05, 3.63) is 39.4 Å². The topological polar surface area (TPSA) is 72.2 Å². The number of nitrogens with one attached hydrogen (secondary N) is 1. The molecule has 72 valence electrons. The van der Waals surface area contributed by atoms with Gasteiger partial charge in [-0.05, 0) is 5.56 Å². The smallest absolute Gasteiger partial charge is 0.274 e. The molecule has 0 unspecified atom stereocenters. The van der Waals surface area contributed by atoms with E-state index in [1.54, 1.807) is 12.1 Å². The van der Waals surface area contributed by atoms with Crippen LogP contribution in [-0.2, 0) is 17.8 Å². The van der Waals surface area contributed by atoms with Crippen LogP contribution in [0.5, 0.6) is 0 Å². The summed E-state index contributed by atoms with van der Waals surface area (Å²) in [6.45, 7) is 0.255. The zero-order valence-electron chi connectivity index (χ0n) is 7.32. The minimum Gasteiger partial charge on any atom is -0.351 e. The van der Waals surface area contributed by atoms with Crippen LogP contribution in [0.2, 0.25) is 0 Å². The minimum absolute atomic E-state index is 0.0852. The van der Waals surface area contributed by atoms with Crippen molar-refractivity contribution in [3.8, 4) is 0 Å². The summed E-state index contributed by atoms with van der Waals surface area (Å²) in [5, 5.41) is 13.2. The number of nitro benzene ring substituents is 1. The molecular weight excluding hydrogens is 184 g/mol. The second-order valence-electron chi connectivity index (χ2n) is 3.13. The van der Waals surface area contributed by atoms with Gasteiger partial charge < -0.3 is 5.32 Å². The van der Waals surface area contributed by atoms with Crippen LogP contribution in [0.3, 0.4) is 0 Å². The van der Waals surface area contributed by atoms with Crippen LogP contribution < -0.4 is 5.32 Å². The van der Waals surface area contributed by atoms with Gasteiger partial charge in [0.05, 0.1) is 16.9 Å². The van der Waals surface area contributed by atoms with Crippen molar-refractivity contribution >= 4 is 11.6 Å². The van der Waals surface area contributed by atoms with Crippen molar-refractivity contribution in [2.75, 3.05) is 0 Å². The van der Waals surface area contributed by atoms with E-state index in [1.165, 1.54) is 6.07 Å². The highest BCUT2D eigenvalue weighted by Gasteiger charge is 2.22. The van der Waals surface area contributed by atoms with Gasteiger partial charge in [-0.15, -0.1) is 0 Å². The Kier molecular flexibility index (Phi) is 1.92. The largest absolute Gasteiger partial charge is 0.351 e. The van der Waals surface area contributed by atoms with Crippen LogP contribution in [0.4, 0.5) is 5.69 Å². The normalized spacial score (nSPS) is 14.4. The molecule has 0 saturated carbocycles. The molecule has 1 aliphatic heterocycles. The first-order valence-electron chi connectivity index (χ1n) is 4.20. The van der Waals surface area contributed by atoms with Crippen molar-refractivity contribution in [3.63, 3.8) is 0 Å². The van der Waals surface area contributed by atoms with Crippen LogP contribution in [0.25, 0.3) is 0 Å². The fraction of sp³-hybridized carbons (Fsp3) is 0.222. The number of nitro groups is 1. The lowest BCUT2D eigenvalue weighted by Gasteiger charge is -2.15. The number of carbonyl (C=O) groups excluding carboxylic acids is 1. The molecule has 0 atom stereocenters. The summed E-state index contributed by atoms with van der Waals surface area (Å²) in [6.07, 6.45) is 0.233. The van der Waals surface area contributed by atoms with Crippen molar-refractivity contribution in [1.29, 1.82) is 0 Å². The van der Waals surface area contributed by atoms with E-state index < -0.39 is 4.92 Å². The predicted molar refractivity (Wildman–Crippen MR) is 48.6 cm³/mol. The molecule has 1 heterocycles. The molecule has 1 aromatic rings. The quantitative estimate of drug-likeness (QED) is 0.527. The maximum Gasteiger partial charge on any atom is 0.274 e. The van der Waals surface area contributed by atoms with E-state index in [0.29, 0.717) is 5.56 Å². The lowest BCUT2D eigenvalue weighted by Crippen LogP contribution is -2.30. The van der Waals surface area contributed by atoms with Gasteiger partial charge in [0.15, 0.2) is 0 Å². The molecule has 0 aromatic heterocycles. The van der Waals surface area contributed by atoms with E-state index in [2.05, 4.69) is 5.32 Å². The summed E-state index contributed by atoms with van der Waals surface area (Å²) in [5.41, 5.74) is 1.46. The molecule has 5 heteroatoms. The Morgan fingerprint density at radius 2 is 2.21 bits per heavy atom. The number of amides is 1. The van der Waals surface area contributed by atoms with Gasteiger partial charge in [0.1, 0.15) is 0 Å². The third-order valence-corrected chi connectivity index (χ3v) is 2.26. The molecule has 1 aliphatic rings. The Labute approximate surface area is 79.9 Å². The summed E-state index contributed by atoms with van der Waals surface area (Å²) < 4.78 is 0. The zero-order chi connectivity index (χ0) is 10.1. The average molecular weight is 192 g/mol. The number of hydrogen-bond acceptors (Lipinski definition) is 3. The summed E-state index contributed by atoms with van der Waals surface area (Å²) in [4.78, 5) is 21.3. The number of hydrogen-bond donors (Lipinski definition) is 1. The molecule has 0 aliphatic carbocycles. The predicted octanol–water partition coefficient (Wildman–Crippen LogP) is 0.767. The van der Waals surface area contributed by atoms with Crippen LogP contribution in [-0.4, -0.2) is 10.8 Å². The molecule has 0 saturated heterocycles. The van der Waals surface area contributed by atoms with Gasteiger partial charge in [-0.25, -0.2) is 0 Å². The lowest BCUT2D eigenvalue weighted by atomic mass is 9.99. The SMILES string of the molecule is O=C1Cc2cccc([N+](=O)[O-])c2CN1. The first-order valence-corrected chi connectivity index (χ1v) is 4.20. The minimum atomic E-state index is -0.420. The fourth-order valence-electron chi connectivity index (χ4n) is 1.58. The first-order chi connectivity index (χ1) is 6.68. The van der Waals surface area contributed by atoms with Crippen molar-refractivity contribution in [1.82, 2.24) is 5.32 Å². The maximum atomic E-state index is 11.0. The van der Waals surface area contributed by atoms with Gasteiger partial charge >= 0.3 is 0 Å². The number of rotatable bonds is 1. The second-order valence-corrected chi connectivity index (χ2v) is 3.13. The highest BCUT2D eigenvalue weighted by atomic mass is 16.6. The summed E-state index contributed by atoms with van der Waals surface area (Å²) in [5.74, 6) is -0.0852. The number of benzene rings is 1. The van der Waals surface area contributed by atoms with Crippen LogP contribution >= 0.6 is 0 Å². The van der Waals surface area contributed by atoms with Crippen molar-refractivity contribution < 1.29 is 9.72 Å². The molecule has 1 aromatic carbocycles. The average Bonchev–Trinajstić information content (AvgIpc) is 2.16. The highest BCUT2D eigenvalue weighted by Crippen LogP contribution is 2.24. The molecule has 0 spiro atoms. The van der Waals surface area contributed by atoms with E-state index in [-0.39, 0.29) is 24.6 Å². The third kappa shape index (κ3) is 1.32. The molecule has 2 rings (SSSR count). The van der Waals surface area contributed by atoms with Gasteiger partial charge in [-0.2, -0.15) is 0 Å². The molecule has 0 radical (unpaired) electrons. The Morgan fingerprint density at radius 1 is 1.43 bits per heavy atom. The van der Waals surface area contributed by atoms with Gasteiger partial charge in [0, 0.05) is 12.6 Å². The summed E-state index contributed by atoms with van der Waals surface area (Å²) >= 11 is 0. The maximum absolute atomic E-state index is 11.0. The van der Waals surface area contributed by atoms with E-state index in [0.717, 1.165) is 5.56 Å². The standard InChI is InChI=1S/C9H8N2O3/c12-9-4-6-2-1-3-8(11(13)14)7(6)5-10-9/h1-3H,4-5H2,(H,10,12). The number of carbonyl (C=O) groups is 1. The number of nitrogens with zero attached hydrogens (tertiary/aromatic N) is 1. The Morgan fingerprint density at radius 3 is 2.93 bits per heavy atom. The van der Waals surface area contributed by atoms with E-state index in [9.17, 15) is 14.9 Å². The summed E-state index contributed by atoms with van der Waals surface area (Å²) in [7, 11) is 0.